The summed E-state index contributed by atoms with van der Waals surface area (Å²) >= 11 is 5.89. The average molecular weight is 300 g/mol. The minimum atomic E-state index is -0.952. The topological polar surface area (TPSA) is 29.1 Å². The van der Waals surface area contributed by atoms with Gasteiger partial charge >= 0.3 is 0 Å². The molecule has 0 amide bonds. The predicted molar refractivity (Wildman–Crippen MR) is 82.1 cm³/mol. The lowest BCUT2D eigenvalue weighted by atomic mass is 9.87. The molecule has 0 aliphatic heterocycles. The fraction of sp³-hybridized carbons (Fsp3) is 0.600. The second-order valence-electron chi connectivity index (χ2n) is 5.37. The third-order valence-electron chi connectivity index (χ3n) is 3.84. The molecule has 0 bridgehead atoms. The van der Waals surface area contributed by atoms with Gasteiger partial charge in [-0.05, 0) is 56.0 Å². The van der Waals surface area contributed by atoms with Crippen LogP contribution < -0.4 is 5.32 Å². The molecular formula is C15H22ClNOS. The van der Waals surface area contributed by atoms with Crippen molar-refractivity contribution >= 4 is 22.4 Å². The Morgan fingerprint density at radius 1 is 1.32 bits per heavy atom. The van der Waals surface area contributed by atoms with Gasteiger partial charge in [0.25, 0.3) is 0 Å². The van der Waals surface area contributed by atoms with Crippen molar-refractivity contribution in [2.24, 2.45) is 5.92 Å². The van der Waals surface area contributed by atoms with Gasteiger partial charge in [-0.2, -0.15) is 0 Å². The lowest BCUT2D eigenvalue weighted by Gasteiger charge is -2.34. The molecule has 1 aliphatic rings. The van der Waals surface area contributed by atoms with Gasteiger partial charge in [-0.15, -0.1) is 0 Å². The summed E-state index contributed by atoms with van der Waals surface area (Å²) in [7, 11) is -0.952. The predicted octanol–water partition coefficient (Wildman–Crippen LogP) is 3.61. The standard InChI is InChI=1S/C15H22ClNOS/c1-3-17-14-9-4-11(2)10-15(14)19(18)13-7-5-12(16)6-8-13/h5-8,11,14-15,17H,3-4,9-10H2,1-2H3. The van der Waals surface area contributed by atoms with Crippen molar-refractivity contribution in [1.82, 2.24) is 5.32 Å². The summed E-state index contributed by atoms with van der Waals surface area (Å²) in [6, 6.07) is 7.80. The van der Waals surface area contributed by atoms with Gasteiger partial charge in [0.15, 0.2) is 0 Å². The Balaban J connectivity index is 2.16. The van der Waals surface area contributed by atoms with Crippen LogP contribution in [-0.2, 0) is 10.8 Å². The Kier molecular flexibility index (Phi) is 5.43. The van der Waals surface area contributed by atoms with Gasteiger partial charge in [0.1, 0.15) is 0 Å². The summed E-state index contributed by atoms with van der Waals surface area (Å²) in [6.07, 6.45) is 3.39. The van der Waals surface area contributed by atoms with Crippen molar-refractivity contribution in [2.75, 3.05) is 6.54 Å². The molecule has 106 valence electrons. The van der Waals surface area contributed by atoms with E-state index in [0.717, 1.165) is 24.3 Å². The molecule has 1 aromatic carbocycles. The molecule has 0 spiro atoms. The van der Waals surface area contributed by atoms with Crippen LogP contribution in [0.5, 0.6) is 0 Å². The first-order valence-corrected chi connectivity index (χ1v) is 8.60. The van der Waals surface area contributed by atoms with Gasteiger partial charge in [0.2, 0.25) is 0 Å². The molecule has 4 atom stereocenters. The summed E-state index contributed by atoms with van der Waals surface area (Å²) in [5, 5.41) is 4.41. The van der Waals surface area contributed by atoms with Gasteiger partial charge in [-0.25, -0.2) is 0 Å². The number of halogens is 1. The molecular weight excluding hydrogens is 278 g/mol. The lowest BCUT2D eigenvalue weighted by Crippen LogP contribution is -2.45. The number of nitrogens with one attached hydrogen (secondary N) is 1. The number of benzene rings is 1. The molecule has 1 aliphatic carbocycles. The molecule has 1 N–H and O–H groups in total. The lowest BCUT2D eigenvalue weighted by molar-refractivity contribution is 0.316. The van der Waals surface area contributed by atoms with E-state index in [1.54, 1.807) is 0 Å². The first-order valence-electron chi connectivity index (χ1n) is 7.01. The minimum absolute atomic E-state index is 0.213. The monoisotopic (exact) mass is 299 g/mol. The Labute approximate surface area is 123 Å². The van der Waals surface area contributed by atoms with E-state index in [0.29, 0.717) is 17.0 Å². The number of rotatable bonds is 4. The SMILES string of the molecule is CCNC1CCC(C)CC1S(=O)c1ccc(Cl)cc1. The summed E-state index contributed by atoms with van der Waals surface area (Å²) < 4.78 is 12.8. The highest BCUT2D eigenvalue weighted by Crippen LogP contribution is 2.30. The zero-order chi connectivity index (χ0) is 13.8. The highest BCUT2D eigenvalue weighted by atomic mass is 35.5. The molecule has 2 nitrogen and oxygen atoms in total. The highest BCUT2D eigenvalue weighted by molar-refractivity contribution is 7.85. The molecule has 0 saturated heterocycles. The van der Waals surface area contributed by atoms with Crippen molar-refractivity contribution in [3.63, 3.8) is 0 Å². The maximum absolute atomic E-state index is 12.8. The normalized spacial score (nSPS) is 29.1. The first-order chi connectivity index (χ1) is 9.11. The number of hydrogen-bond acceptors (Lipinski definition) is 2. The maximum Gasteiger partial charge on any atom is 0.0576 e. The zero-order valence-electron chi connectivity index (χ0n) is 11.6. The van der Waals surface area contributed by atoms with Crippen LogP contribution in [0, 0.1) is 5.92 Å². The molecule has 1 aromatic rings. The van der Waals surface area contributed by atoms with Crippen molar-refractivity contribution < 1.29 is 4.21 Å². The van der Waals surface area contributed by atoms with E-state index < -0.39 is 10.8 Å². The maximum atomic E-state index is 12.8. The quantitative estimate of drug-likeness (QED) is 0.920. The van der Waals surface area contributed by atoms with Crippen LogP contribution in [0.2, 0.25) is 5.02 Å². The Morgan fingerprint density at radius 2 is 2.00 bits per heavy atom. The van der Waals surface area contributed by atoms with Gasteiger partial charge in [-0.3, -0.25) is 4.21 Å². The summed E-state index contributed by atoms with van der Waals surface area (Å²) in [5.41, 5.74) is 0. The second kappa shape index (κ2) is 6.87. The van der Waals surface area contributed by atoms with E-state index in [9.17, 15) is 4.21 Å². The smallest absolute Gasteiger partial charge is 0.0576 e. The average Bonchev–Trinajstić information content (AvgIpc) is 2.41. The van der Waals surface area contributed by atoms with E-state index in [4.69, 9.17) is 11.6 Å². The largest absolute Gasteiger partial charge is 0.313 e. The van der Waals surface area contributed by atoms with Crippen molar-refractivity contribution in [3.8, 4) is 0 Å². The Hall–Kier alpha value is -0.380. The third-order valence-corrected chi connectivity index (χ3v) is 5.90. The fourth-order valence-electron chi connectivity index (χ4n) is 2.80. The van der Waals surface area contributed by atoms with Crippen LogP contribution in [0.3, 0.4) is 0 Å². The molecule has 2 rings (SSSR count). The number of hydrogen-bond donors (Lipinski definition) is 1. The summed E-state index contributed by atoms with van der Waals surface area (Å²) in [4.78, 5) is 0.895. The molecule has 19 heavy (non-hydrogen) atoms. The molecule has 4 unspecified atom stereocenters. The van der Waals surface area contributed by atoms with E-state index in [-0.39, 0.29) is 5.25 Å². The van der Waals surface area contributed by atoms with Gasteiger partial charge < -0.3 is 5.32 Å². The van der Waals surface area contributed by atoms with Crippen LogP contribution in [0.25, 0.3) is 0 Å². The fourth-order valence-corrected chi connectivity index (χ4v) is 4.72. The minimum Gasteiger partial charge on any atom is -0.313 e. The van der Waals surface area contributed by atoms with Gasteiger partial charge in [-0.1, -0.05) is 25.4 Å². The molecule has 0 aromatic heterocycles. The van der Waals surface area contributed by atoms with Crippen LogP contribution in [0.15, 0.2) is 29.2 Å². The Morgan fingerprint density at radius 3 is 2.63 bits per heavy atom. The summed E-state index contributed by atoms with van der Waals surface area (Å²) in [6.45, 7) is 5.31. The van der Waals surface area contributed by atoms with Gasteiger partial charge in [0.05, 0.1) is 16.0 Å². The van der Waals surface area contributed by atoms with Crippen LogP contribution >= 0.6 is 11.6 Å². The van der Waals surface area contributed by atoms with E-state index in [1.165, 1.54) is 6.42 Å². The van der Waals surface area contributed by atoms with Crippen molar-refractivity contribution in [3.05, 3.63) is 29.3 Å². The first kappa shape index (κ1) is 15.0. The van der Waals surface area contributed by atoms with Crippen molar-refractivity contribution in [2.45, 2.75) is 49.3 Å². The van der Waals surface area contributed by atoms with E-state index in [1.807, 2.05) is 24.3 Å². The van der Waals surface area contributed by atoms with Crippen LogP contribution in [-0.4, -0.2) is 22.0 Å². The summed E-state index contributed by atoms with van der Waals surface area (Å²) in [5.74, 6) is 0.663. The molecule has 0 radical (unpaired) electrons. The van der Waals surface area contributed by atoms with E-state index >= 15 is 0 Å². The second-order valence-corrected chi connectivity index (χ2v) is 7.48. The van der Waals surface area contributed by atoms with Crippen LogP contribution in [0.4, 0.5) is 0 Å². The molecule has 0 heterocycles. The third kappa shape index (κ3) is 3.80. The molecule has 1 saturated carbocycles. The molecule has 4 heteroatoms. The molecule has 1 fully saturated rings. The van der Waals surface area contributed by atoms with Crippen molar-refractivity contribution in [1.29, 1.82) is 0 Å². The zero-order valence-corrected chi connectivity index (χ0v) is 13.1. The van der Waals surface area contributed by atoms with Crippen LogP contribution in [0.1, 0.15) is 33.1 Å². The Bertz CT molecular complexity index is 434. The van der Waals surface area contributed by atoms with E-state index in [2.05, 4.69) is 19.2 Å². The highest BCUT2D eigenvalue weighted by Gasteiger charge is 2.32. The van der Waals surface area contributed by atoms with Gasteiger partial charge in [0, 0.05) is 16.0 Å².